The SMILES string of the molecule is COC(=O)c1sc(N2CCC(C)C(C)C2)c(C#N)c1N. The van der Waals surface area contributed by atoms with Crippen molar-refractivity contribution < 1.29 is 9.53 Å². The highest BCUT2D eigenvalue weighted by molar-refractivity contribution is 7.18. The lowest BCUT2D eigenvalue weighted by molar-refractivity contribution is 0.0607. The second-order valence-electron chi connectivity index (χ2n) is 5.32. The zero-order valence-electron chi connectivity index (χ0n) is 12.0. The Morgan fingerprint density at radius 3 is 2.75 bits per heavy atom. The molecule has 6 heteroatoms. The summed E-state index contributed by atoms with van der Waals surface area (Å²) in [5, 5.41) is 10.1. The van der Waals surface area contributed by atoms with Gasteiger partial charge in [-0.05, 0) is 18.3 Å². The molecule has 2 rings (SSSR count). The van der Waals surface area contributed by atoms with Crippen LogP contribution in [0, 0.1) is 23.2 Å². The van der Waals surface area contributed by atoms with E-state index in [2.05, 4.69) is 24.8 Å². The zero-order valence-corrected chi connectivity index (χ0v) is 12.8. The number of nitrogen functional groups attached to an aromatic ring is 1. The third kappa shape index (κ3) is 2.46. The average Bonchev–Trinajstić information content (AvgIpc) is 2.78. The molecule has 1 fully saturated rings. The summed E-state index contributed by atoms with van der Waals surface area (Å²) in [5.74, 6) is 0.753. The summed E-state index contributed by atoms with van der Waals surface area (Å²) in [6.07, 6.45) is 1.08. The lowest BCUT2D eigenvalue weighted by Gasteiger charge is -2.36. The summed E-state index contributed by atoms with van der Waals surface area (Å²) in [7, 11) is 1.32. The van der Waals surface area contributed by atoms with E-state index >= 15 is 0 Å². The first-order valence-electron chi connectivity index (χ1n) is 6.65. The summed E-state index contributed by atoms with van der Waals surface area (Å²) in [6, 6.07) is 2.12. The van der Waals surface area contributed by atoms with Gasteiger partial charge in [-0.15, -0.1) is 11.3 Å². The molecule has 0 spiro atoms. The van der Waals surface area contributed by atoms with Gasteiger partial charge in [0.1, 0.15) is 21.5 Å². The average molecular weight is 293 g/mol. The largest absolute Gasteiger partial charge is 0.465 e. The van der Waals surface area contributed by atoms with Gasteiger partial charge in [0.25, 0.3) is 0 Å². The number of hydrogen-bond acceptors (Lipinski definition) is 6. The third-order valence-electron chi connectivity index (χ3n) is 4.03. The molecule has 1 aromatic rings. The molecule has 0 aromatic carbocycles. The Balaban J connectivity index is 2.37. The first-order chi connectivity index (χ1) is 9.49. The molecule has 1 saturated heterocycles. The number of esters is 1. The fourth-order valence-corrected chi connectivity index (χ4v) is 3.58. The minimum Gasteiger partial charge on any atom is -0.465 e. The Labute approximate surface area is 122 Å². The molecule has 5 nitrogen and oxygen atoms in total. The molecule has 2 heterocycles. The minimum absolute atomic E-state index is 0.241. The van der Waals surface area contributed by atoms with Crippen LogP contribution in [0.2, 0.25) is 0 Å². The van der Waals surface area contributed by atoms with Crippen molar-refractivity contribution in [1.82, 2.24) is 0 Å². The van der Waals surface area contributed by atoms with Crippen LogP contribution < -0.4 is 10.6 Å². The molecule has 1 aliphatic rings. The van der Waals surface area contributed by atoms with E-state index in [-0.39, 0.29) is 5.69 Å². The molecule has 1 aromatic heterocycles. The van der Waals surface area contributed by atoms with Crippen molar-refractivity contribution >= 4 is 28.0 Å². The summed E-state index contributed by atoms with van der Waals surface area (Å²) in [6.45, 7) is 6.23. The number of nitrogens with zero attached hydrogens (tertiary/aromatic N) is 2. The Bertz CT molecular complexity index is 562. The number of carbonyl (C=O) groups excluding carboxylic acids is 1. The topological polar surface area (TPSA) is 79.3 Å². The fourth-order valence-electron chi connectivity index (χ4n) is 2.45. The van der Waals surface area contributed by atoms with Crippen molar-refractivity contribution in [3.8, 4) is 6.07 Å². The summed E-state index contributed by atoms with van der Waals surface area (Å²) in [4.78, 5) is 14.2. The third-order valence-corrected chi connectivity index (χ3v) is 5.28. The van der Waals surface area contributed by atoms with Crippen LogP contribution in [-0.4, -0.2) is 26.2 Å². The summed E-state index contributed by atoms with van der Waals surface area (Å²) < 4.78 is 4.72. The molecule has 0 amide bonds. The monoisotopic (exact) mass is 293 g/mol. The molecule has 2 atom stereocenters. The molecule has 0 saturated carbocycles. The maximum Gasteiger partial charge on any atom is 0.350 e. The van der Waals surface area contributed by atoms with Crippen LogP contribution in [0.25, 0.3) is 0 Å². The molecular formula is C14H19N3O2S. The number of hydrogen-bond donors (Lipinski definition) is 1. The first-order valence-corrected chi connectivity index (χ1v) is 7.46. The molecular weight excluding hydrogens is 274 g/mol. The number of anilines is 2. The highest BCUT2D eigenvalue weighted by Crippen LogP contribution is 2.40. The van der Waals surface area contributed by atoms with Crippen LogP contribution in [0.15, 0.2) is 0 Å². The predicted molar refractivity (Wildman–Crippen MR) is 79.9 cm³/mol. The molecule has 20 heavy (non-hydrogen) atoms. The van der Waals surface area contributed by atoms with E-state index in [0.29, 0.717) is 22.3 Å². The second-order valence-corrected chi connectivity index (χ2v) is 6.32. The maximum absolute atomic E-state index is 11.7. The summed E-state index contributed by atoms with van der Waals surface area (Å²) in [5.41, 5.74) is 6.56. The molecule has 0 bridgehead atoms. The molecule has 0 radical (unpaired) electrons. The van der Waals surface area contributed by atoms with E-state index in [1.165, 1.54) is 18.4 Å². The number of rotatable bonds is 2. The normalized spacial score (nSPS) is 22.4. The van der Waals surface area contributed by atoms with E-state index in [1.807, 2.05) is 0 Å². The molecule has 2 N–H and O–H groups in total. The van der Waals surface area contributed by atoms with Gasteiger partial charge >= 0.3 is 5.97 Å². The van der Waals surface area contributed by atoms with Crippen LogP contribution >= 0.6 is 11.3 Å². The van der Waals surface area contributed by atoms with Gasteiger partial charge in [0, 0.05) is 13.1 Å². The maximum atomic E-state index is 11.7. The molecule has 1 aliphatic heterocycles. The van der Waals surface area contributed by atoms with Crippen LogP contribution in [0.4, 0.5) is 10.7 Å². The van der Waals surface area contributed by atoms with E-state index < -0.39 is 5.97 Å². The van der Waals surface area contributed by atoms with Gasteiger partial charge in [-0.3, -0.25) is 0 Å². The lowest BCUT2D eigenvalue weighted by atomic mass is 9.89. The number of methoxy groups -OCH3 is 1. The predicted octanol–water partition coefficient (Wildman–Crippen LogP) is 2.47. The van der Waals surface area contributed by atoms with Gasteiger partial charge in [0.15, 0.2) is 0 Å². The van der Waals surface area contributed by atoms with Crippen LogP contribution in [0.1, 0.15) is 35.5 Å². The van der Waals surface area contributed by atoms with Crippen molar-refractivity contribution in [1.29, 1.82) is 5.26 Å². The van der Waals surface area contributed by atoms with Gasteiger partial charge in [0.2, 0.25) is 0 Å². The highest BCUT2D eigenvalue weighted by atomic mass is 32.1. The van der Waals surface area contributed by atoms with Gasteiger partial charge in [-0.1, -0.05) is 13.8 Å². The van der Waals surface area contributed by atoms with Gasteiger partial charge in [-0.25, -0.2) is 4.79 Å². The van der Waals surface area contributed by atoms with Crippen molar-refractivity contribution in [3.05, 3.63) is 10.4 Å². The zero-order chi connectivity index (χ0) is 14.9. The number of nitrogens with two attached hydrogens (primary N) is 1. The Kier molecular flexibility index (Phi) is 4.19. The van der Waals surface area contributed by atoms with Crippen molar-refractivity contribution in [2.45, 2.75) is 20.3 Å². The van der Waals surface area contributed by atoms with Crippen molar-refractivity contribution in [2.24, 2.45) is 11.8 Å². The Morgan fingerprint density at radius 2 is 2.20 bits per heavy atom. The number of nitriles is 1. The van der Waals surface area contributed by atoms with Crippen molar-refractivity contribution in [3.63, 3.8) is 0 Å². The van der Waals surface area contributed by atoms with E-state index in [1.54, 1.807) is 0 Å². The van der Waals surface area contributed by atoms with Gasteiger partial charge < -0.3 is 15.4 Å². The Morgan fingerprint density at radius 1 is 1.50 bits per heavy atom. The van der Waals surface area contributed by atoms with Crippen LogP contribution in [-0.2, 0) is 4.74 Å². The van der Waals surface area contributed by atoms with Gasteiger partial charge in [0.05, 0.1) is 12.8 Å². The van der Waals surface area contributed by atoms with E-state index in [0.717, 1.165) is 24.5 Å². The molecule has 2 unspecified atom stereocenters. The molecule has 108 valence electrons. The number of piperidine rings is 1. The Hall–Kier alpha value is -1.74. The number of carbonyl (C=O) groups is 1. The molecule has 0 aliphatic carbocycles. The first kappa shape index (κ1) is 14.7. The number of thiophene rings is 1. The van der Waals surface area contributed by atoms with E-state index in [9.17, 15) is 10.1 Å². The van der Waals surface area contributed by atoms with Crippen molar-refractivity contribution in [2.75, 3.05) is 30.8 Å². The minimum atomic E-state index is -0.478. The fraction of sp³-hybridized carbons (Fsp3) is 0.571. The standard InChI is InChI=1S/C14H19N3O2S/c1-8-4-5-17(7-9(8)2)13-10(6-15)11(16)12(20-13)14(18)19-3/h8-9H,4-5,7,16H2,1-3H3. The van der Waals surface area contributed by atoms with Gasteiger partial charge in [-0.2, -0.15) is 5.26 Å². The summed E-state index contributed by atoms with van der Waals surface area (Å²) >= 11 is 1.26. The van der Waals surface area contributed by atoms with Crippen LogP contribution in [0.5, 0.6) is 0 Å². The van der Waals surface area contributed by atoms with Crippen LogP contribution in [0.3, 0.4) is 0 Å². The number of ether oxygens (including phenoxy) is 1. The lowest BCUT2D eigenvalue weighted by Crippen LogP contribution is -2.38. The quantitative estimate of drug-likeness (QED) is 0.847. The smallest absolute Gasteiger partial charge is 0.350 e. The highest BCUT2D eigenvalue weighted by Gasteiger charge is 2.29. The van der Waals surface area contributed by atoms with E-state index in [4.69, 9.17) is 10.5 Å². The second kappa shape index (κ2) is 5.71.